The molecule has 242 valence electrons. The number of nitrogens with one attached hydrogen (secondary N) is 1. The van der Waals surface area contributed by atoms with Crippen molar-refractivity contribution in [3.05, 3.63) is 29.3 Å². The zero-order valence-corrected chi connectivity index (χ0v) is 25.5. The molecular formula is C31H45F3N2O7. The van der Waals surface area contributed by atoms with E-state index >= 15 is 0 Å². The SMILES string of the molecule is CC(=O)N[C@H](C(=O)N1CCC(c2ccc(OC(C)(C)C(=O)O)c(C(F)(F)F)c2)CC1)[C@@H](C)OCCCCC1CCCCO1. The minimum Gasteiger partial charge on any atom is -0.478 e. The fourth-order valence-corrected chi connectivity index (χ4v) is 5.53. The lowest BCUT2D eigenvalue weighted by Crippen LogP contribution is -2.55. The van der Waals surface area contributed by atoms with Crippen molar-refractivity contribution >= 4 is 17.8 Å². The van der Waals surface area contributed by atoms with Crippen LogP contribution in [0.4, 0.5) is 13.2 Å². The van der Waals surface area contributed by atoms with Crippen LogP contribution in [0.2, 0.25) is 0 Å². The summed E-state index contributed by atoms with van der Waals surface area (Å²) < 4.78 is 58.6. The monoisotopic (exact) mass is 614 g/mol. The number of ether oxygens (including phenoxy) is 3. The van der Waals surface area contributed by atoms with E-state index in [2.05, 4.69) is 5.32 Å². The van der Waals surface area contributed by atoms with Crippen LogP contribution in [0.1, 0.15) is 96.1 Å². The lowest BCUT2D eigenvalue weighted by molar-refractivity contribution is -0.155. The summed E-state index contributed by atoms with van der Waals surface area (Å²) in [5.41, 5.74) is -2.45. The third-order valence-electron chi connectivity index (χ3n) is 8.14. The molecule has 9 nitrogen and oxygen atoms in total. The van der Waals surface area contributed by atoms with E-state index in [9.17, 15) is 32.7 Å². The van der Waals surface area contributed by atoms with Crippen LogP contribution in [0.25, 0.3) is 0 Å². The van der Waals surface area contributed by atoms with Gasteiger partial charge in [-0.15, -0.1) is 0 Å². The summed E-state index contributed by atoms with van der Waals surface area (Å²) in [6.07, 6.45) is 1.98. The van der Waals surface area contributed by atoms with Gasteiger partial charge in [0.15, 0.2) is 5.60 Å². The molecule has 0 saturated carbocycles. The van der Waals surface area contributed by atoms with Gasteiger partial charge in [-0.25, -0.2) is 4.79 Å². The number of likely N-dealkylation sites (tertiary alicyclic amines) is 1. The van der Waals surface area contributed by atoms with E-state index in [4.69, 9.17) is 14.2 Å². The second-order valence-corrected chi connectivity index (χ2v) is 12.0. The van der Waals surface area contributed by atoms with Gasteiger partial charge in [0.2, 0.25) is 11.8 Å². The topological polar surface area (TPSA) is 114 Å². The molecule has 2 aliphatic heterocycles. The minimum absolute atomic E-state index is 0.243. The summed E-state index contributed by atoms with van der Waals surface area (Å²) in [5.74, 6) is -2.82. The van der Waals surface area contributed by atoms with Crippen molar-refractivity contribution < 1.29 is 46.9 Å². The summed E-state index contributed by atoms with van der Waals surface area (Å²) >= 11 is 0. The molecule has 1 unspecified atom stereocenters. The average Bonchev–Trinajstić information content (AvgIpc) is 2.95. The first-order chi connectivity index (χ1) is 20.2. The number of hydrogen-bond acceptors (Lipinski definition) is 6. The minimum atomic E-state index is -4.75. The molecule has 2 amide bonds. The Morgan fingerprint density at radius 3 is 2.40 bits per heavy atom. The normalized spacial score (nSPS) is 19.9. The van der Waals surface area contributed by atoms with E-state index in [-0.39, 0.29) is 17.7 Å². The van der Waals surface area contributed by atoms with Crippen molar-refractivity contribution in [3.8, 4) is 5.75 Å². The molecule has 1 aromatic carbocycles. The first-order valence-corrected chi connectivity index (χ1v) is 15.1. The van der Waals surface area contributed by atoms with E-state index in [1.54, 1.807) is 11.8 Å². The molecular weight excluding hydrogens is 569 g/mol. The van der Waals surface area contributed by atoms with Gasteiger partial charge in [0.05, 0.1) is 17.8 Å². The molecule has 0 spiro atoms. The van der Waals surface area contributed by atoms with E-state index in [0.717, 1.165) is 50.8 Å². The van der Waals surface area contributed by atoms with E-state index in [1.165, 1.54) is 33.3 Å². The van der Waals surface area contributed by atoms with Crippen molar-refractivity contribution in [2.45, 2.75) is 115 Å². The Balaban J connectivity index is 1.58. The Kier molecular flexibility index (Phi) is 12.3. The molecule has 1 aromatic rings. The van der Waals surface area contributed by atoms with Gasteiger partial charge in [-0.2, -0.15) is 13.2 Å². The van der Waals surface area contributed by atoms with Crippen molar-refractivity contribution in [3.63, 3.8) is 0 Å². The lowest BCUT2D eigenvalue weighted by Gasteiger charge is -2.36. The van der Waals surface area contributed by atoms with Crippen LogP contribution in [0.3, 0.4) is 0 Å². The Hall–Kier alpha value is -2.86. The smallest absolute Gasteiger partial charge is 0.419 e. The second kappa shape index (κ2) is 15.2. The molecule has 3 atom stereocenters. The number of piperidine rings is 1. The maximum atomic E-state index is 13.9. The summed E-state index contributed by atoms with van der Waals surface area (Å²) in [6, 6.07) is 2.81. The zero-order valence-electron chi connectivity index (χ0n) is 25.5. The highest BCUT2D eigenvalue weighted by Gasteiger charge is 2.39. The number of nitrogens with zero attached hydrogens (tertiary/aromatic N) is 1. The first kappa shape index (κ1) is 34.6. The summed E-state index contributed by atoms with van der Waals surface area (Å²) in [7, 11) is 0. The molecule has 2 saturated heterocycles. The Bertz CT molecular complexity index is 1100. The van der Waals surface area contributed by atoms with Gasteiger partial charge in [0.25, 0.3) is 0 Å². The van der Waals surface area contributed by atoms with Crippen LogP contribution >= 0.6 is 0 Å². The number of aliphatic carboxylic acids is 1. The van der Waals surface area contributed by atoms with Crippen LogP contribution in [-0.4, -0.2) is 77.9 Å². The molecule has 0 radical (unpaired) electrons. The molecule has 12 heteroatoms. The third-order valence-corrected chi connectivity index (χ3v) is 8.14. The fraction of sp³-hybridized carbons (Fsp3) is 0.710. The highest BCUT2D eigenvalue weighted by molar-refractivity contribution is 5.87. The number of carboxylic acids is 1. The largest absolute Gasteiger partial charge is 0.478 e. The summed E-state index contributed by atoms with van der Waals surface area (Å²) in [5, 5.41) is 12.0. The maximum Gasteiger partial charge on any atom is 0.419 e. The number of amides is 2. The Labute approximate surface area is 251 Å². The number of hydrogen-bond donors (Lipinski definition) is 2. The van der Waals surface area contributed by atoms with Crippen LogP contribution in [0.5, 0.6) is 5.75 Å². The van der Waals surface area contributed by atoms with Crippen molar-refractivity contribution in [1.82, 2.24) is 10.2 Å². The highest BCUT2D eigenvalue weighted by atomic mass is 19.4. The number of carbonyl (C=O) groups is 3. The molecule has 3 rings (SSSR count). The molecule has 0 aliphatic carbocycles. The molecule has 43 heavy (non-hydrogen) atoms. The highest BCUT2D eigenvalue weighted by Crippen LogP contribution is 2.41. The third kappa shape index (κ3) is 10.1. The van der Waals surface area contributed by atoms with Crippen LogP contribution < -0.4 is 10.1 Å². The van der Waals surface area contributed by atoms with Crippen LogP contribution in [0, 0.1) is 0 Å². The van der Waals surface area contributed by atoms with Gasteiger partial charge in [0, 0.05) is 33.2 Å². The van der Waals surface area contributed by atoms with Crippen molar-refractivity contribution in [1.29, 1.82) is 0 Å². The first-order valence-electron chi connectivity index (χ1n) is 15.1. The summed E-state index contributed by atoms with van der Waals surface area (Å²) in [6.45, 7) is 7.34. The second-order valence-electron chi connectivity index (χ2n) is 12.0. The van der Waals surface area contributed by atoms with Crippen LogP contribution in [0.15, 0.2) is 18.2 Å². The average molecular weight is 615 g/mol. The van der Waals surface area contributed by atoms with Gasteiger partial charge in [-0.3, -0.25) is 9.59 Å². The number of benzene rings is 1. The predicted molar refractivity (Wildman–Crippen MR) is 153 cm³/mol. The standard InChI is InChI=1S/C31H45F3N2O7/c1-20(41-17-7-5-9-24-10-6-8-18-42-24)27(35-21(2)37)28(38)36-15-13-22(14-16-36)23-11-12-26(25(19-23)31(32,33)34)43-30(3,4)29(39)40/h11-12,19-20,22,24,27H,5-10,13-18H2,1-4H3,(H,35,37)(H,39,40)/t20-,24?,27+/m1/s1. The van der Waals surface area contributed by atoms with E-state index in [0.29, 0.717) is 44.2 Å². The van der Waals surface area contributed by atoms with Crippen LogP contribution in [-0.2, 0) is 30.0 Å². The van der Waals surface area contributed by atoms with Gasteiger partial charge >= 0.3 is 12.1 Å². The van der Waals surface area contributed by atoms with E-state index < -0.39 is 41.2 Å². The number of halogens is 3. The molecule has 0 aromatic heterocycles. The quantitative estimate of drug-likeness (QED) is 0.290. The van der Waals surface area contributed by atoms with E-state index in [1.807, 2.05) is 0 Å². The number of alkyl halides is 3. The molecule has 2 N–H and O–H groups in total. The number of carbonyl (C=O) groups excluding carboxylic acids is 2. The Morgan fingerprint density at radius 2 is 1.81 bits per heavy atom. The number of unbranched alkanes of at least 4 members (excludes halogenated alkanes) is 1. The van der Waals surface area contributed by atoms with Crippen molar-refractivity contribution in [2.24, 2.45) is 0 Å². The maximum absolute atomic E-state index is 13.9. The number of carboxylic acid groups (broad SMARTS) is 1. The van der Waals surface area contributed by atoms with Crippen molar-refractivity contribution in [2.75, 3.05) is 26.3 Å². The molecule has 2 aliphatic rings. The molecule has 2 fully saturated rings. The predicted octanol–water partition coefficient (Wildman–Crippen LogP) is 5.30. The van der Waals surface area contributed by atoms with Gasteiger partial charge < -0.3 is 29.5 Å². The number of rotatable bonds is 13. The van der Waals surface area contributed by atoms with Gasteiger partial charge in [0.1, 0.15) is 11.8 Å². The summed E-state index contributed by atoms with van der Waals surface area (Å²) in [4.78, 5) is 38.4. The lowest BCUT2D eigenvalue weighted by atomic mass is 9.88. The van der Waals surface area contributed by atoms with Gasteiger partial charge in [-0.1, -0.05) is 6.07 Å². The fourth-order valence-electron chi connectivity index (χ4n) is 5.53. The van der Waals surface area contributed by atoms with Gasteiger partial charge in [-0.05, 0) is 95.8 Å². The molecule has 2 heterocycles. The Morgan fingerprint density at radius 1 is 1.12 bits per heavy atom. The zero-order chi connectivity index (χ0) is 31.8. The molecule has 0 bridgehead atoms.